The number of nitrogens with one attached hydrogen (secondary N) is 1. The molecule has 1 aromatic rings. The van der Waals surface area contributed by atoms with Gasteiger partial charge in [-0.1, -0.05) is 0 Å². The Labute approximate surface area is 146 Å². The fourth-order valence-corrected chi connectivity index (χ4v) is 3.65. The van der Waals surface area contributed by atoms with Gasteiger partial charge in [0.25, 0.3) is 0 Å². The van der Waals surface area contributed by atoms with E-state index in [0.717, 1.165) is 5.56 Å². The molecule has 7 nitrogen and oxygen atoms in total. The highest BCUT2D eigenvalue weighted by Crippen LogP contribution is 2.48. The number of aromatic nitrogens is 1. The van der Waals surface area contributed by atoms with Crippen LogP contribution in [0.1, 0.15) is 31.2 Å². The number of piperidine rings is 1. The number of amides is 2. The zero-order valence-corrected chi connectivity index (χ0v) is 14.2. The van der Waals surface area contributed by atoms with E-state index in [1.165, 1.54) is 0 Å². The molecule has 1 N–H and O–H groups in total. The monoisotopic (exact) mass is 345 g/mol. The number of ether oxygens (including phenoxy) is 2. The molecule has 0 unspecified atom stereocenters. The number of carbonyl (C=O) groups is 2. The molecule has 3 aliphatic rings. The lowest BCUT2D eigenvalue weighted by molar-refractivity contribution is -0.188. The lowest BCUT2D eigenvalue weighted by Crippen LogP contribution is -2.51. The fourth-order valence-electron chi connectivity index (χ4n) is 3.65. The van der Waals surface area contributed by atoms with Crippen molar-refractivity contribution in [2.45, 2.75) is 38.0 Å². The quantitative estimate of drug-likeness (QED) is 0.818. The van der Waals surface area contributed by atoms with Crippen molar-refractivity contribution in [1.82, 2.24) is 15.2 Å². The highest BCUT2D eigenvalue weighted by atomic mass is 16.7. The molecule has 0 atom stereocenters. The maximum Gasteiger partial charge on any atom is 0.238 e. The standard InChI is InChI=1S/C18H23N3O4/c22-15(20-13-14-1-7-19-8-2-14)17(3-4-17)16(23)21-9-5-18(6-10-21)24-11-12-25-18/h1-2,7-8H,3-6,9-13H2,(H,20,22). The summed E-state index contributed by atoms with van der Waals surface area (Å²) in [6.07, 6.45) is 5.98. The van der Waals surface area contributed by atoms with Crippen molar-refractivity contribution in [3.8, 4) is 0 Å². The topological polar surface area (TPSA) is 80.8 Å². The van der Waals surface area contributed by atoms with Gasteiger partial charge in [0.05, 0.1) is 13.2 Å². The van der Waals surface area contributed by atoms with E-state index < -0.39 is 11.2 Å². The second-order valence-corrected chi connectivity index (χ2v) is 7.02. The lowest BCUT2D eigenvalue weighted by atomic mass is 9.98. The van der Waals surface area contributed by atoms with Crippen LogP contribution in [0.5, 0.6) is 0 Å². The summed E-state index contributed by atoms with van der Waals surface area (Å²) in [4.78, 5) is 31.3. The van der Waals surface area contributed by atoms with Gasteiger partial charge in [-0.25, -0.2) is 0 Å². The van der Waals surface area contributed by atoms with Gasteiger partial charge >= 0.3 is 0 Å². The number of pyridine rings is 1. The summed E-state index contributed by atoms with van der Waals surface area (Å²) < 4.78 is 11.4. The van der Waals surface area contributed by atoms with Crippen molar-refractivity contribution in [1.29, 1.82) is 0 Å². The van der Waals surface area contributed by atoms with E-state index in [-0.39, 0.29) is 11.8 Å². The van der Waals surface area contributed by atoms with E-state index in [1.807, 2.05) is 12.1 Å². The van der Waals surface area contributed by atoms with Gasteiger partial charge in [0.1, 0.15) is 5.41 Å². The van der Waals surface area contributed by atoms with Crippen LogP contribution in [0.4, 0.5) is 0 Å². The maximum absolute atomic E-state index is 12.9. The fraction of sp³-hybridized carbons (Fsp3) is 0.611. The van der Waals surface area contributed by atoms with Crippen LogP contribution in [0.25, 0.3) is 0 Å². The van der Waals surface area contributed by atoms with Gasteiger partial charge in [-0.15, -0.1) is 0 Å². The molecule has 3 heterocycles. The van der Waals surface area contributed by atoms with Gasteiger partial charge in [-0.3, -0.25) is 14.6 Å². The zero-order chi connectivity index (χ0) is 17.3. The van der Waals surface area contributed by atoms with Crippen molar-refractivity contribution < 1.29 is 19.1 Å². The molecule has 7 heteroatoms. The van der Waals surface area contributed by atoms with Crippen LogP contribution in [0.3, 0.4) is 0 Å². The highest BCUT2D eigenvalue weighted by molar-refractivity contribution is 6.07. The number of nitrogens with zero attached hydrogens (tertiary/aromatic N) is 2. The first-order valence-electron chi connectivity index (χ1n) is 8.88. The third-order valence-corrected chi connectivity index (χ3v) is 5.42. The number of carbonyl (C=O) groups excluding carboxylic acids is 2. The number of rotatable bonds is 4. The molecule has 134 valence electrons. The van der Waals surface area contributed by atoms with Gasteiger partial charge in [0.15, 0.2) is 5.79 Å². The third kappa shape index (κ3) is 3.14. The normalized spacial score (nSPS) is 23.4. The lowest BCUT2D eigenvalue weighted by Gasteiger charge is -2.38. The van der Waals surface area contributed by atoms with Crippen LogP contribution >= 0.6 is 0 Å². The summed E-state index contributed by atoms with van der Waals surface area (Å²) in [7, 11) is 0. The summed E-state index contributed by atoms with van der Waals surface area (Å²) in [6.45, 7) is 2.82. The van der Waals surface area contributed by atoms with E-state index in [0.29, 0.717) is 58.5 Å². The molecule has 4 rings (SSSR count). The average molecular weight is 345 g/mol. The molecule has 1 spiro atoms. The second-order valence-electron chi connectivity index (χ2n) is 7.02. The maximum atomic E-state index is 12.9. The molecule has 3 fully saturated rings. The van der Waals surface area contributed by atoms with Crippen molar-refractivity contribution in [3.63, 3.8) is 0 Å². The molecule has 25 heavy (non-hydrogen) atoms. The molecule has 2 aliphatic heterocycles. The van der Waals surface area contributed by atoms with E-state index in [2.05, 4.69) is 10.3 Å². The molecule has 0 radical (unpaired) electrons. The minimum absolute atomic E-state index is 0.0485. The van der Waals surface area contributed by atoms with Crippen LogP contribution in [-0.4, -0.2) is 53.8 Å². The average Bonchev–Trinajstić information content (AvgIpc) is 3.36. The number of hydrogen-bond acceptors (Lipinski definition) is 5. The minimum atomic E-state index is -0.866. The Morgan fingerprint density at radius 2 is 1.72 bits per heavy atom. The molecule has 2 saturated heterocycles. The Morgan fingerprint density at radius 1 is 1.08 bits per heavy atom. The van der Waals surface area contributed by atoms with Gasteiger partial charge in [-0.05, 0) is 30.5 Å². The zero-order valence-electron chi connectivity index (χ0n) is 14.2. The predicted octanol–water partition coefficient (Wildman–Crippen LogP) is 0.843. The SMILES string of the molecule is O=C(NCc1ccncc1)C1(C(=O)N2CCC3(CC2)OCCO3)CC1. The Bertz CT molecular complexity index is 644. The molecule has 2 amide bonds. The van der Waals surface area contributed by atoms with Crippen LogP contribution < -0.4 is 5.32 Å². The van der Waals surface area contributed by atoms with E-state index in [4.69, 9.17) is 9.47 Å². The van der Waals surface area contributed by atoms with Gasteiger partial charge in [0, 0.05) is 44.9 Å². The number of hydrogen-bond donors (Lipinski definition) is 1. The smallest absolute Gasteiger partial charge is 0.238 e. The first-order chi connectivity index (χ1) is 12.1. The summed E-state index contributed by atoms with van der Waals surface area (Å²) in [6, 6.07) is 3.71. The van der Waals surface area contributed by atoms with Gasteiger partial charge < -0.3 is 19.7 Å². The first kappa shape index (κ1) is 16.5. The van der Waals surface area contributed by atoms with Crippen molar-refractivity contribution in [3.05, 3.63) is 30.1 Å². The first-order valence-corrected chi connectivity index (χ1v) is 8.88. The van der Waals surface area contributed by atoms with Crippen molar-refractivity contribution in [2.24, 2.45) is 5.41 Å². The van der Waals surface area contributed by atoms with Crippen LogP contribution in [0.2, 0.25) is 0 Å². The van der Waals surface area contributed by atoms with Crippen molar-refractivity contribution >= 4 is 11.8 Å². The molecule has 1 saturated carbocycles. The molecule has 0 bridgehead atoms. The minimum Gasteiger partial charge on any atom is -0.351 e. The Balaban J connectivity index is 1.34. The second kappa shape index (κ2) is 6.38. The Hall–Kier alpha value is -1.99. The Kier molecular flexibility index (Phi) is 4.21. The summed E-state index contributed by atoms with van der Waals surface area (Å²) in [5.41, 5.74) is 0.108. The van der Waals surface area contributed by atoms with Crippen LogP contribution in [0.15, 0.2) is 24.5 Å². The predicted molar refractivity (Wildman–Crippen MR) is 88.2 cm³/mol. The third-order valence-electron chi connectivity index (χ3n) is 5.42. The van der Waals surface area contributed by atoms with E-state index >= 15 is 0 Å². The van der Waals surface area contributed by atoms with E-state index in [1.54, 1.807) is 17.3 Å². The van der Waals surface area contributed by atoms with Gasteiger partial charge in [-0.2, -0.15) is 0 Å². The van der Waals surface area contributed by atoms with Crippen LogP contribution in [-0.2, 0) is 25.6 Å². The molecule has 0 aromatic carbocycles. The van der Waals surface area contributed by atoms with Crippen LogP contribution in [0, 0.1) is 5.41 Å². The largest absolute Gasteiger partial charge is 0.351 e. The van der Waals surface area contributed by atoms with E-state index in [9.17, 15) is 9.59 Å². The summed E-state index contributed by atoms with van der Waals surface area (Å²) in [5, 5.41) is 2.91. The van der Waals surface area contributed by atoms with Crippen molar-refractivity contribution in [2.75, 3.05) is 26.3 Å². The number of likely N-dealkylation sites (tertiary alicyclic amines) is 1. The molecule has 1 aromatic heterocycles. The molecular weight excluding hydrogens is 322 g/mol. The summed E-state index contributed by atoms with van der Waals surface area (Å²) >= 11 is 0. The molecular formula is C18H23N3O4. The summed E-state index contributed by atoms with van der Waals surface area (Å²) in [5.74, 6) is -0.715. The van der Waals surface area contributed by atoms with Gasteiger partial charge in [0.2, 0.25) is 11.8 Å². The highest BCUT2D eigenvalue weighted by Gasteiger charge is 2.58. The Morgan fingerprint density at radius 3 is 2.32 bits per heavy atom. The molecule has 1 aliphatic carbocycles.